The van der Waals surface area contributed by atoms with Gasteiger partial charge in [0.1, 0.15) is 0 Å². The van der Waals surface area contributed by atoms with E-state index in [1.807, 2.05) is 97.1 Å². The molecule has 0 saturated heterocycles. The molecule has 0 amide bonds. The summed E-state index contributed by atoms with van der Waals surface area (Å²) in [4.78, 5) is 25.2. The second kappa shape index (κ2) is 14.0. The van der Waals surface area contributed by atoms with Crippen LogP contribution < -0.4 is 0 Å². The monoisotopic (exact) mass is 721 g/mol. The summed E-state index contributed by atoms with van der Waals surface area (Å²) < 4.78 is 2.34. The number of nitrogens with zero attached hydrogens (tertiary/aromatic N) is 5. The van der Waals surface area contributed by atoms with Crippen molar-refractivity contribution in [2.24, 2.45) is 0 Å². The normalized spacial score (nSPS) is 11.3. The van der Waals surface area contributed by atoms with Crippen LogP contribution >= 0.6 is 11.3 Å². The molecule has 0 unspecified atom stereocenters. The maximum atomic E-state index is 5.11. The van der Waals surface area contributed by atoms with E-state index >= 15 is 0 Å². The lowest BCUT2D eigenvalue weighted by molar-refractivity contribution is 1.08. The fourth-order valence-electron chi connectivity index (χ4n) is 7.11. The number of fused-ring (bicyclic) bond motifs is 3. The van der Waals surface area contributed by atoms with Gasteiger partial charge in [-0.1, -0.05) is 164 Å². The quantitative estimate of drug-likeness (QED) is 0.164. The number of rotatable bonds is 7. The number of hydrogen-bond donors (Lipinski definition) is 0. The van der Waals surface area contributed by atoms with Crippen LogP contribution in [0.2, 0.25) is 0 Å². The Labute approximate surface area is 322 Å². The molecule has 0 saturated carbocycles. The van der Waals surface area contributed by atoms with E-state index in [-0.39, 0.29) is 0 Å². The van der Waals surface area contributed by atoms with Crippen LogP contribution in [0.25, 0.3) is 99.4 Å². The minimum absolute atomic E-state index is 0.649. The molecule has 0 atom stereocenters. The Kier molecular flexibility index (Phi) is 8.28. The van der Waals surface area contributed by atoms with Crippen LogP contribution in [-0.4, -0.2) is 24.9 Å². The van der Waals surface area contributed by atoms with E-state index in [2.05, 4.69) is 91.0 Å². The van der Waals surface area contributed by atoms with Crippen molar-refractivity contribution in [3.05, 3.63) is 188 Å². The Morgan fingerprint density at radius 2 is 0.764 bits per heavy atom. The van der Waals surface area contributed by atoms with E-state index in [1.54, 1.807) is 11.3 Å². The lowest BCUT2D eigenvalue weighted by Crippen LogP contribution is -2.00. The predicted octanol–water partition coefficient (Wildman–Crippen LogP) is 12.7. The minimum atomic E-state index is 0.649. The van der Waals surface area contributed by atoms with Crippen molar-refractivity contribution in [2.45, 2.75) is 0 Å². The number of benzene rings is 7. The standard InChI is InChI=1S/C49H31N5S/c1-5-16-32(17-6-1)41-31-42(51-46(50-41)33-18-7-2-8-19-33)37-25-13-24-36(30-37)38-26-15-29-43-44(38)39-27-14-28-40(45(39)55-43)49-53-47(34-20-9-3-10-21-34)52-48(54-49)35-22-11-4-12-23-35/h1-31H. The second-order valence-corrected chi connectivity index (χ2v) is 14.3. The smallest absolute Gasteiger partial charge is 0.165 e. The van der Waals surface area contributed by atoms with E-state index < -0.39 is 0 Å². The summed E-state index contributed by atoms with van der Waals surface area (Å²) in [7, 11) is 0. The molecular weight excluding hydrogens is 691 g/mol. The van der Waals surface area contributed by atoms with Crippen LogP contribution in [0.3, 0.4) is 0 Å². The Morgan fingerprint density at radius 1 is 0.309 bits per heavy atom. The van der Waals surface area contributed by atoms with Crippen LogP contribution in [0, 0.1) is 0 Å². The van der Waals surface area contributed by atoms with Crippen LogP contribution in [0.1, 0.15) is 0 Å². The van der Waals surface area contributed by atoms with Crippen molar-refractivity contribution in [3.63, 3.8) is 0 Å². The van der Waals surface area contributed by atoms with Crippen molar-refractivity contribution >= 4 is 31.5 Å². The molecule has 10 rings (SSSR count). The van der Waals surface area contributed by atoms with Crippen molar-refractivity contribution < 1.29 is 0 Å². The van der Waals surface area contributed by atoms with Gasteiger partial charge in [0.15, 0.2) is 23.3 Å². The summed E-state index contributed by atoms with van der Waals surface area (Å²) >= 11 is 1.77. The van der Waals surface area contributed by atoms with Gasteiger partial charge >= 0.3 is 0 Å². The highest BCUT2D eigenvalue weighted by atomic mass is 32.1. The summed E-state index contributed by atoms with van der Waals surface area (Å²) in [6.45, 7) is 0. The molecule has 5 nitrogen and oxygen atoms in total. The van der Waals surface area contributed by atoms with Crippen molar-refractivity contribution in [2.75, 3.05) is 0 Å². The molecule has 3 heterocycles. The molecule has 0 aliphatic rings. The molecule has 7 aromatic carbocycles. The molecule has 55 heavy (non-hydrogen) atoms. The number of aromatic nitrogens is 5. The summed E-state index contributed by atoms with van der Waals surface area (Å²) in [6, 6.07) is 64.5. The summed E-state index contributed by atoms with van der Waals surface area (Å²) in [6.07, 6.45) is 0. The van der Waals surface area contributed by atoms with Crippen LogP contribution in [0.5, 0.6) is 0 Å². The molecule has 258 valence electrons. The molecule has 0 fully saturated rings. The van der Waals surface area contributed by atoms with Crippen LogP contribution in [0.15, 0.2) is 188 Å². The Morgan fingerprint density at radius 3 is 1.38 bits per heavy atom. The van der Waals surface area contributed by atoms with Gasteiger partial charge in [-0.2, -0.15) is 0 Å². The van der Waals surface area contributed by atoms with E-state index in [1.165, 1.54) is 15.5 Å². The lowest BCUT2D eigenvalue weighted by Gasteiger charge is -2.11. The summed E-state index contributed by atoms with van der Waals surface area (Å²) in [5, 5.41) is 2.38. The molecule has 3 aromatic heterocycles. The zero-order chi connectivity index (χ0) is 36.6. The molecule has 0 bridgehead atoms. The first-order chi connectivity index (χ1) is 27.2. The molecule has 10 aromatic rings. The zero-order valence-electron chi connectivity index (χ0n) is 29.5. The average Bonchev–Trinajstić information content (AvgIpc) is 3.67. The Balaban J connectivity index is 1.12. The molecular formula is C49H31N5S. The maximum absolute atomic E-state index is 5.11. The van der Waals surface area contributed by atoms with Gasteiger partial charge in [-0.15, -0.1) is 11.3 Å². The largest absolute Gasteiger partial charge is 0.228 e. The van der Waals surface area contributed by atoms with Gasteiger partial charge in [-0.3, -0.25) is 0 Å². The maximum Gasteiger partial charge on any atom is 0.165 e. The Hall–Kier alpha value is -7.15. The second-order valence-electron chi connectivity index (χ2n) is 13.3. The first-order valence-corrected chi connectivity index (χ1v) is 19.0. The summed E-state index contributed by atoms with van der Waals surface area (Å²) in [5.74, 6) is 2.65. The first-order valence-electron chi connectivity index (χ1n) is 18.2. The van der Waals surface area contributed by atoms with Crippen LogP contribution in [-0.2, 0) is 0 Å². The van der Waals surface area contributed by atoms with E-state index in [4.69, 9.17) is 24.9 Å². The number of thiophene rings is 1. The lowest BCUT2D eigenvalue weighted by atomic mass is 9.96. The van der Waals surface area contributed by atoms with Crippen molar-refractivity contribution in [3.8, 4) is 79.2 Å². The highest BCUT2D eigenvalue weighted by Gasteiger charge is 2.19. The molecule has 0 radical (unpaired) electrons. The van der Waals surface area contributed by atoms with Gasteiger partial charge in [-0.05, 0) is 35.4 Å². The third-order valence-corrected chi connectivity index (χ3v) is 11.0. The van der Waals surface area contributed by atoms with Gasteiger partial charge in [0.25, 0.3) is 0 Å². The molecule has 0 N–H and O–H groups in total. The molecule has 0 spiro atoms. The fourth-order valence-corrected chi connectivity index (χ4v) is 8.35. The van der Waals surface area contributed by atoms with E-state index in [0.29, 0.717) is 23.3 Å². The van der Waals surface area contributed by atoms with Gasteiger partial charge in [0, 0.05) is 53.6 Å². The Bertz CT molecular complexity index is 2850. The van der Waals surface area contributed by atoms with Gasteiger partial charge < -0.3 is 0 Å². The molecule has 0 aliphatic carbocycles. The van der Waals surface area contributed by atoms with E-state index in [9.17, 15) is 0 Å². The highest BCUT2D eigenvalue weighted by Crippen LogP contribution is 2.44. The van der Waals surface area contributed by atoms with Gasteiger partial charge in [0.05, 0.1) is 11.4 Å². The SMILES string of the molecule is c1ccc(-c2cc(-c3cccc(-c4cccc5sc6c(-c7nc(-c8ccccc8)nc(-c8ccccc8)n7)cccc6c45)c3)nc(-c3ccccc3)n2)cc1. The first kappa shape index (κ1) is 32.5. The van der Waals surface area contributed by atoms with Crippen molar-refractivity contribution in [1.29, 1.82) is 0 Å². The van der Waals surface area contributed by atoms with Crippen LogP contribution in [0.4, 0.5) is 0 Å². The summed E-state index contributed by atoms with van der Waals surface area (Å²) in [5.41, 5.74) is 9.98. The predicted molar refractivity (Wildman–Crippen MR) is 226 cm³/mol. The minimum Gasteiger partial charge on any atom is -0.228 e. The van der Waals surface area contributed by atoms with Gasteiger partial charge in [-0.25, -0.2) is 24.9 Å². The third-order valence-electron chi connectivity index (χ3n) is 9.76. The molecule has 0 aliphatic heterocycles. The van der Waals surface area contributed by atoms with E-state index in [0.717, 1.165) is 60.6 Å². The molecule has 6 heteroatoms. The van der Waals surface area contributed by atoms with Gasteiger partial charge in [0.2, 0.25) is 0 Å². The highest BCUT2D eigenvalue weighted by molar-refractivity contribution is 7.26. The number of hydrogen-bond acceptors (Lipinski definition) is 6. The average molecular weight is 722 g/mol. The van der Waals surface area contributed by atoms with Crippen molar-refractivity contribution in [1.82, 2.24) is 24.9 Å². The topological polar surface area (TPSA) is 64.5 Å². The fraction of sp³-hybridized carbons (Fsp3) is 0. The zero-order valence-corrected chi connectivity index (χ0v) is 30.4. The third kappa shape index (κ3) is 6.24.